The van der Waals surface area contributed by atoms with Crippen molar-refractivity contribution in [3.05, 3.63) is 51.1 Å². The fourth-order valence-corrected chi connectivity index (χ4v) is 3.83. The molecule has 0 unspecified atom stereocenters. The molecule has 3 rings (SSSR count). The van der Waals surface area contributed by atoms with Crippen molar-refractivity contribution in [3.63, 3.8) is 0 Å². The van der Waals surface area contributed by atoms with Crippen molar-refractivity contribution in [3.8, 4) is 0 Å². The Morgan fingerprint density at radius 3 is 2.92 bits per heavy atom. The molecule has 2 heterocycles. The molecule has 0 radical (unpaired) electrons. The number of benzene rings is 1. The largest absolute Gasteiger partial charge is 0.461 e. The summed E-state index contributed by atoms with van der Waals surface area (Å²) in [6.45, 7) is 7.18. The molecule has 0 bridgehead atoms. The molecule has 0 atom stereocenters. The number of halogens is 1. The van der Waals surface area contributed by atoms with Gasteiger partial charge in [0.05, 0.1) is 18.7 Å². The van der Waals surface area contributed by atoms with Crippen molar-refractivity contribution in [1.82, 2.24) is 9.55 Å². The van der Waals surface area contributed by atoms with Gasteiger partial charge < -0.3 is 9.30 Å². The molecule has 0 N–H and O–H groups in total. The van der Waals surface area contributed by atoms with Crippen LogP contribution in [0.3, 0.4) is 0 Å². The minimum Gasteiger partial charge on any atom is -0.461 e. The van der Waals surface area contributed by atoms with Crippen LogP contribution in [0.5, 0.6) is 0 Å². The van der Waals surface area contributed by atoms with Gasteiger partial charge >= 0.3 is 5.97 Å². The molecule has 0 amide bonds. The molecule has 0 aliphatic carbocycles. The topological polar surface area (TPSA) is 44.1 Å². The zero-order valence-corrected chi connectivity index (χ0v) is 16.2. The van der Waals surface area contributed by atoms with Crippen LogP contribution in [0.15, 0.2) is 29.8 Å². The van der Waals surface area contributed by atoms with Gasteiger partial charge in [0, 0.05) is 22.0 Å². The number of esters is 1. The number of hydrogen-bond acceptors (Lipinski definition) is 4. The molecule has 3 aromatic rings. The highest BCUT2D eigenvalue weighted by molar-refractivity contribution is 7.09. The summed E-state index contributed by atoms with van der Waals surface area (Å²) < 4.78 is 7.17. The van der Waals surface area contributed by atoms with E-state index in [1.807, 2.05) is 12.1 Å². The molecule has 132 valence electrons. The second-order valence-electron chi connectivity index (χ2n) is 6.39. The fourth-order valence-electron chi connectivity index (χ4n) is 2.90. The van der Waals surface area contributed by atoms with Gasteiger partial charge in [-0.15, -0.1) is 11.3 Å². The maximum atomic E-state index is 11.8. The minimum atomic E-state index is -0.370. The molecule has 0 saturated carbocycles. The summed E-state index contributed by atoms with van der Waals surface area (Å²) in [6, 6.07) is 6.00. The van der Waals surface area contributed by atoms with Gasteiger partial charge in [-0.2, -0.15) is 0 Å². The third-order valence-corrected chi connectivity index (χ3v) is 4.97. The monoisotopic (exact) mass is 376 g/mol. The molecule has 0 aliphatic heterocycles. The van der Waals surface area contributed by atoms with Gasteiger partial charge in [0.2, 0.25) is 0 Å². The van der Waals surface area contributed by atoms with E-state index in [9.17, 15) is 4.79 Å². The third-order valence-electron chi connectivity index (χ3n) is 3.90. The normalized spacial score (nSPS) is 11.4. The number of fused-ring (bicyclic) bond motifs is 1. The lowest BCUT2D eigenvalue weighted by molar-refractivity contribution is 0.0520. The van der Waals surface area contributed by atoms with Crippen LogP contribution in [0.1, 0.15) is 41.8 Å². The Labute approximate surface area is 156 Å². The minimum absolute atomic E-state index is 0.352. The van der Waals surface area contributed by atoms with Crippen LogP contribution in [0, 0.1) is 5.92 Å². The number of aromatic nitrogens is 2. The van der Waals surface area contributed by atoms with Crippen molar-refractivity contribution in [1.29, 1.82) is 0 Å². The Bertz CT molecular complexity index is 898. The van der Waals surface area contributed by atoms with Crippen molar-refractivity contribution < 1.29 is 9.53 Å². The van der Waals surface area contributed by atoms with Crippen LogP contribution in [0.4, 0.5) is 0 Å². The van der Waals surface area contributed by atoms with Crippen LogP contribution >= 0.6 is 22.9 Å². The molecule has 4 nitrogen and oxygen atoms in total. The molecule has 6 heteroatoms. The molecule has 0 fully saturated rings. The molecule has 2 aromatic heterocycles. The standard InChI is InChI=1S/C19H21ClN2O2S/c1-4-24-19(23)16-11-25-18(21-16)10-22-9-13(7-12(2)3)15-6-5-14(20)8-17(15)22/h5-6,8-9,11-12H,4,7,10H2,1-3H3. The Balaban J connectivity index is 1.93. The smallest absolute Gasteiger partial charge is 0.357 e. The second kappa shape index (κ2) is 7.58. The predicted octanol–water partition coefficient (Wildman–Crippen LogP) is 5.17. The highest BCUT2D eigenvalue weighted by atomic mass is 35.5. The van der Waals surface area contributed by atoms with Gasteiger partial charge in [0.15, 0.2) is 5.69 Å². The predicted molar refractivity (Wildman–Crippen MR) is 103 cm³/mol. The summed E-state index contributed by atoms with van der Waals surface area (Å²) in [5.41, 5.74) is 2.78. The quantitative estimate of drug-likeness (QED) is 0.557. The van der Waals surface area contributed by atoms with Gasteiger partial charge in [-0.05, 0) is 37.0 Å². The first kappa shape index (κ1) is 18.0. The number of rotatable bonds is 6. The van der Waals surface area contributed by atoms with E-state index in [4.69, 9.17) is 16.3 Å². The van der Waals surface area contributed by atoms with E-state index >= 15 is 0 Å². The number of ether oxygens (including phenoxy) is 1. The Morgan fingerprint density at radius 2 is 2.20 bits per heavy atom. The van der Waals surface area contributed by atoms with E-state index in [1.165, 1.54) is 22.3 Å². The van der Waals surface area contributed by atoms with Crippen LogP contribution < -0.4 is 0 Å². The molecule has 1 aromatic carbocycles. The highest BCUT2D eigenvalue weighted by Crippen LogP contribution is 2.28. The first-order valence-corrected chi connectivity index (χ1v) is 9.62. The first-order chi connectivity index (χ1) is 12.0. The van der Waals surface area contributed by atoms with Crippen LogP contribution in [0.25, 0.3) is 10.9 Å². The molecule has 25 heavy (non-hydrogen) atoms. The van der Waals surface area contributed by atoms with Crippen molar-refractivity contribution in [2.75, 3.05) is 6.61 Å². The summed E-state index contributed by atoms with van der Waals surface area (Å²) in [7, 11) is 0. The maximum absolute atomic E-state index is 11.8. The lowest BCUT2D eigenvalue weighted by Gasteiger charge is -2.03. The zero-order chi connectivity index (χ0) is 18.0. The van der Waals surface area contributed by atoms with Gasteiger partial charge in [-0.25, -0.2) is 9.78 Å². The van der Waals surface area contributed by atoms with E-state index < -0.39 is 0 Å². The van der Waals surface area contributed by atoms with Crippen molar-refractivity contribution in [2.24, 2.45) is 5.92 Å². The summed E-state index contributed by atoms with van der Waals surface area (Å²) in [4.78, 5) is 16.2. The fraction of sp³-hybridized carbons (Fsp3) is 0.368. The van der Waals surface area contributed by atoms with E-state index in [-0.39, 0.29) is 5.97 Å². The average molecular weight is 377 g/mol. The summed E-state index contributed by atoms with van der Waals surface area (Å²) in [5.74, 6) is 0.205. The number of nitrogens with zero attached hydrogens (tertiary/aromatic N) is 2. The van der Waals surface area contributed by atoms with Gasteiger partial charge in [-0.1, -0.05) is 31.5 Å². The van der Waals surface area contributed by atoms with Gasteiger partial charge in [-0.3, -0.25) is 0 Å². The second-order valence-corrected chi connectivity index (χ2v) is 7.77. The Kier molecular flexibility index (Phi) is 5.45. The third kappa shape index (κ3) is 4.05. The summed E-state index contributed by atoms with van der Waals surface area (Å²) in [5, 5.41) is 4.56. The summed E-state index contributed by atoms with van der Waals surface area (Å²) >= 11 is 7.67. The van der Waals surface area contributed by atoms with Gasteiger partial charge in [0.25, 0.3) is 0 Å². The van der Waals surface area contributed by atoms with E-state index in [0.717, 1.165) is 16.9 Å². The number of carbonyl (C=O) groups is 1. The van der Waals surface area contributed by atoms with Crippen LogP contribution in [-0.4, -0.2) is 22.1 Å². The summed E-state index contributed by atoms with van der Waals surface area (Å²) in [6.07, 6.45) is 3.18. The molecular formula is C19H21ClN2O2S. The Morgan fingerprint density at radius 1 is 1.40 bits per heavy atom. The number of carbonyl (C=O) groups excluding carboxylic acids is 1. The maximum Gasteiger partial charge on any atom is 0.357 e. The average Bonchev–Trinajstić information content (AvgIpc) is 3.13. The molecule has 0 saturated heterocycles. The lowest BCUT2D eigenvalue weighted by atomic mass is 10.0. The first-order valence-electron chi connectivity index (χ1n) is 8.36. The van der Waals surface area contributed by atoms with E-state index in [0.29, 0.717) is 29.8 Å². The van der Waals surface area contributed by atoms with Crippen LogP contribution in [0.2, 0.25) is 5.02 Å². The zero-order valence-electron chi connectivity index (χ0n) is 14.6. The van der Waals surface area contributed by atoms with Crippen molar-refractivity contribution >= 4 is 39.8 Å². The number of hydrogen-bond donors (Lipinski definition) is 0. The molecule has 0 aliphatic rings. The van der Waals surface area contributed by atoms with Crippen molar-refractivity contribution in [2.45, 2.75) is 33.7 Å². The highest BCUT2D eigenvalue weighted by Gasteiger charge is 2.14. The molecular weight excluding hydrogens is 356 g/mol. The van der Waals surface area contributed by atoms with E-state index in [2.05, 4.69) is 35.7 Å². The lowest BCUT2D eigenvalue weighted by Crippen LogP contribution is -2.05. The Hall–Kier alpha value is -1.85. The number of thiazole rings is 1. The van der Waals surface area contributed by atoms with E-state index in [1.54, 1.807) is 12.3 Å². The SMILES string of the molecule is CCOC(=O)c1csc(Cn2cc(CC(C)C)c3ccc(Cl)cc32)n1. The van der Waals surface area contributed by atoms with Gasteiger partial charge in [0.1, 0.15) is 5.01 Å². The van der Waals surface area contributed by atoms with Crippen LogP contribution in [-0.2, 0) is 17.7 Å². The molecule has 0 spiro atoms.